The molecule has 0 fully saturated rings. The third-order valence-corrected chi connectivity index (χ3v) is 8.76. The van der Waals surface area contributed by atoms with Crippen LogP contribution in [-0.4, -0.2) is 79.2 Å². The summed E-state index contributed by atoms with van der Waals surface area (Å²) in [5.74, 6) is -14.2. The lowest BCUT2D eigenvalue weighted by Crippen LogP contribution is -2.47. The molecule has 2 aromatic carbocycles. The zero-order valence-corrected chi connectivity index (χ0v) is 27.9. The molecule has 3 N–H and O–H groups in total. The normalized spacial score (nSPS) is 18.3. The fourth-order valence-electron chi connectivity index (χ4n) is 6.36. The summed E-state index contributed by atoms with van der Waals surface area (Å²) >= 11 is 0. The number of ketones is 2. The number of hydrogen-bond donors (Lipinski definition) is 3. The Bertz CT molecular complexity index is 1870. The molecule has 5 rings (SSSR count). The van der Waals surface area contributed by atoms with Crippen LogP contribution in [0.5, 0.6) is 28.7 Å². The van der Waals surface area contributed by atoms with Crippen LogP contribution in [0.4, 0.5) is 22.4 Å². The topological polar surface area (TPSA) is 181 Å². The SMILES string of the molecule is COc1cc(OC(=O)NC2CCc3ccn4c3C2C(=O)CC(C(=O)NC(CC(=O)O)C(=O)COc2c(F)c(F)cc(F)c2F)C4)cc(OC)c1OC. The number of carbonyl (C=O) groups is 5. The van der Waals surface area contributed by atoms with Crippen LogP contribution in [0.15, 0.2) is 30.5 Å². The van der Waals surface area contributed by atoms with E-state index in [1.165, 1.54) is 33.5 Å². The number of amides is 2. The Kier molecular flexibility index (Phi) is 11.2. The molecular weight excluding hydrogens is 702 g/mol. The fraction of sp³-hybridized carbons (Fsp3) is 0.382. The number of aryl methyl sites for hydroxylation is 1. The van der Waals surface area contributed by atoms with Gasteiger partial charge in [-0.25, -0.2) is 13.6 Å². The molecule has 4 atom stereocenters. The number of carboxylic acids is 1. The van der Waals surface area contributed by atoms with Crippen molar-refractivity contribution in [3.05, 3.63) is 65.0 Å². The molecule has 3 aromatic rings. The molecule has 0 saturated heterocycles. The molecule has 0 spiro atoms. The number of Topliss-reactive ketones (excluding diaryl/α,β-unsaturated/α-hetero) is 2. The molecule has 2 amide bonds. The molecular formula is C34H33F4N3O11. The second-order valence-electron chi connectivity index (χ2n) is 12.0. The number of ether oxygens (including phenoxy) is 5. The van der Waals surface area contributed by atoms with Crippen LogP contribution in [0.3, 0.4) is 0 Å². The highest BCUT2D eigenvalue weighted by Gasteiger charge is 2.43. The summed E-state index contributed by atoms with van der Waals surface area (Å²) in [4.78, 5) is 64.9. The molecule has 1 aliphatic carbocycles. The first-order valence-corrected chi connectivity index (χ1v) is 15.8. The summed E-state index contributed by atoms with van der Waals surface area (Å²) in [7, 11) is 4.20. The third kappa shape index (κ3) is 7.74. The standard InChI is InChI=1S/C34H33F4N3O11/c1-48-24-9-17(10-25(49-2)31(24)50-3)52-34(47)40-20-5-4-15-6-7-41-13-16(8-22(42)27(20)30(15)41)33(46)39-21(12-26(44)45)23(43)14-51-32-28(37)18(35)11-19(36)29(32)38/h6-7,9-11,16,20-21,27H,4-5,8,12-14H2,1-3H3,(H,39,46)(H,40,47)(H,44,45). The number of aromatic nitrogens is 1. The number of nitrogens with zero attached hydrogens (tertiary/aromatic N) is 1. The maximum atomic E-state index is 14.0. The first-order valence-electron chi connectivity index (χ1n) is 15.8. The summed E-state index contributed by atoms with van der Waals surface area (Å²) in [6.45, 7) is -1.32. The smallest absolute Gasteiger partial charge is 0.412 e. The van der Waals surface area contributed by atoms with Gasteiger partial charge in [-0.05, 0) is 24.5 Å². The van der Waals surface area contributed by atoms with Gasteiger partial charge in [0, 0.05) is 49.1 Å². The maximum Gasteiger partial charge on any atom is 0.412 e. The molecule has 18 heteroatoms. The first-order chi connectivity index (χ1) is 24.8. The van der Waals surface area contributed by atoms with E-state index in [9.17, 15) is 46.6 Å². The van der Waals surface area contributed by atoms with E-state index in [2.05, 4.69) is 15.4 Å². The van der Waals surface area contributed by atoms with Gasteiger partial charge in [0.2, 0.25) is 23.3 Å². The monoisotopic (exact) mass is 735 g/mol. The van der Waals surface area contributed by atoms with E-state index >= 15 is 0 Å². The summed E-state index contributed by atoms with van der Waals surface area (Å²) in [5.41, 5.74) is 1.39. The highest BCUT2D eigenvalue weighted by Crippen LogP contribution is 2.41. The summed E-state index contributed by atoms with van der Waals surface area (Å²) in [5, 5.41) is 14.4. The van der Waals surface area contributed by atoms with Gasteiger partial charge in [0.25, 0.3) is 0 Å². The van der Waals surface area contributed by atoms with Crippen molar-refractivity contribution in [1.82, 2.24) is 15.2 Å². The van der Waals surface area contributed by atoms with Gasteiger partial charge in [-0.3, -0.25) is 19.2 Å². The van der Waals surface area contributed by atoms with Crippen molar-refractivity contribution in [2.75, 3.05) is 27.9 Å². The highest BCUT2D eigenvalue weighted by molar-refractivity contribution is 5.96. The minimum absolute atomic E-state index is 0.0600. The Morgan fingerprint density at radius 3 is 2.21 bits per heavy atom. The quantitative estimate of drug-likeness (QED) is 0.173. The zero-order chi connectivity index (χ0) is 37.9. The fourth-order valence-corrected chi connectivity index (χ4v) is 6.36. The summed E-state index contributed by atoms with van der Waals surface area (Å²) in [6, 6.07) is 1.99. The van der Waals surface area contributed by atoms with E-state index < -0.39 is 95.5 Å². The predicted octanol–water partition coefficient (Wildman–Crippen LogP) is 3.45. The van der Waals surface area contributed by atoms with Gasteiger partial charge < -0.3 is 44.0 Å². The molecule has 2 aliphatic rings. The Labute approximate surface area is 292 Å². The van der Waals surface area contributed by atoms with Crippen molar-refractivity contribution in [3.8, 4) is 28.7 Å². The van der Waals surface area contributed by atoms with Crippen molar-refractivity contribution in [2.45, 2.75) is 50.2 Å². The van der Waals surface area contributed by atoms with Gasteiger partial charge in [-0.1, -0.05) is 0 Å². The van der Waals surface area contributed by atoms with E-state index in [0.717, 1.165) is 5.56 Å². The largest absolute Gasteiger partial charge is 0.493 e. The van der Waals surface area contributed by atoms with Crippen LogP contribution in [0.1, 0.15) is 36.4 Å². The van der Waals surface area contributed by atoms with Crippen LogP contribution >= 0.6 is 0 Å². The highest BCUT2D eigenvalue weighted by atomic mass is 19.2. The van der Waals surface area contributed by atoms with Gasteiger partial charge in [0.1, 0.15) is 24.2 Å². The molecule has 2 heterocycles. The number of rotatable bonds is 13. The minimum atomic E-state index is -1.92. The van der Waals surface area contributed by atoms with Crippen molar-refractivity contribution < 1.29 is 70.3 Å². The molecule has 14 nitrogen and oxygen atoms in total. The van der Waals surface area contributed by atoms with E-state index in [1.807, 2.05) is 0 Å². The number of aliphatic carboxylic acids is 1. The molecule has 0 saturated carbocycles. The van der Waals surface area contributed by atoms with Crippen LogP contribution < -0.4 is 34.3 Å². The Balaban J connectivity index is 1.30. The van der Waals surface area contributed by atoms with Crippen molar-refractivity contribution in [2.24, 2.45) is 5.92 Å². The van der Waals surface area contributed by atoms with Crippen molar-refractivity contribution in [1.29, 1.82) is 0 Å². The van der Waals surface area contributed by atoms with E-state index in [-0.39, 0.29) is 42.0 Å². The zero-order valence-electron chi connectivity index (χ0n) is 27.9. The molecule has 1 aromatic heterocycles. The number of carbonyl (C=O) groups excluding carboxylic acids is 4. The average Bonchev–Trinajstić information content (AvgIpc) is 3.44. The number of halogens is 4. The van der Waals surface area contributed by atoms with E-state index in [1.54, 1.807) is 16.8 Å². The number of benzene rings is 2. The first kappa shape index (κ1) is 37.4. The lowest BCUT2D eigenvalue weighted by molar-refractivity contribution is -0.141. The third-order valence-electron chi connectivity index (χ3n) is 8.76. The van der Waals surface area contributed by atoms with Crippen LogP contribution in [-0.2, 0) is 32.1 Å². The minimum Gasteiger partial charge on any atom is -0.493 e. The number of nitrogens with one attached hydrogen (secondary N) is 2. The van der Waals surface area contributed by atoms with Gasteiger partial charge in [-0.15, -0.1) is 0 Å². The number of methoxy groups -OCH3 is 3. The Morgan fingerprint density at radius 2 is 1.62 bits per heavy atom. The van der Waals surface area contributed by atoms with Gasteiger partial charge >= 0.3 is 12.1 Å². The summed E-state index contributed by atoms with van der Waals surface area (Å²) < 4.78 is 82.9. The van der Waals surface area contributed by atoms with E-state index in [0.29, 0.717) is 18.5 Å². The molecule has 278 valence electrons. The second-order valence-corrected chi connectivity index (χ2v) is 12.0. The molecule has 0 radical (unpaired) electrons. The molecule has 0 bridgehead atoms. The Hall–Kier alpha value is -5.81. The average molecular weight is 736 g/mol. The van der Waals surface area contributed by atoms with Gasteiger partial charge in [0.15, 0.2) is 34.7 Å². The lowest BCUT2D eigenvalue weighted by atomic mass is 9.79. The summed E-state index contributed by atoms with van der Waals surface area (Å²) in [6.07, 6.45) is 0.247. The molecule has 1 aliphatic heterocycles. The van der Waals surface area contributed by atoms with Crippen LogP contribution in [0.25, 0.3) is 0 Å². The lowest BCUT2D eigenvalue weighted by Gasteiger charge is -2.31. The second kappa shape index (κ2) is 15.6. The van der Waals surface area contributed by atoms with Crippen molar-refractivity contribution >= 4 is 29.5 Å². The van der Waals surface area contributed by atoms with Crippen LogP contribution in [0.2, 0.25) is 0 Å². The van der Waals surface area contributed by atoms with Gasteiger partial charge in [-0.2, -0.15) is 8.78 Å². The number of carboxylic acid groups (broad SMARTS) is 1. The van der Waals surface area contributed by atoms with Crippen LogP contribution in [0, 0.1) is 29.2 Å². The molecule has 52 heavy (non-hydrogen) atoms. The Morgan fingerprint density at radius 1 is 0.962 bits per heavy atom. The van der Waals surface area contributed by atoms with E-state index in [4.69, 9.17) is 18.9 Å². The van der Waals surface area contributed by atoms with Gasteiger partial charge in [0.05, 0.1) is 39.6 Å². The number of hydrogen-bond acceptors (Lipinski definition) is 10. The van der Waals surface area contributed by atoms with Crippen molar-refractivity contribution in [3.63, 3.8) is 0 Å². The molecule has 4 unspecified atom stereocenters. The maximum absolute atomic E-state index is 14.0. The predicted molar refractivity (Wildman–Crippen MR) is 169 cm³/mol.